The number of carbonyl (C=O) groups is 2. The Balaban J connectivity index is 0.995. The zero-order valence-electron chi connectivity index (χ0n) is 28.5. The second-order valence-electron chi connectivity index (χ2n) is 14.0. The van der Waals surface area contributed by atoms with Crippen LogP contribution in [0.25, 0.3) is 10.9 Å². The first kappa shape index (κ1) is 33.0. The lowest BCUT2D eigenvalue weighted by atomic mass is 9.74. The minimum atomic E-state index is -3.41. The molecule has 51 heavy (non-hydrogen) atoms. The summed E-state index contributed by atoms with van der Waals surface area (Å²) in [6.45, 7) is 2.39. The summed E-state index contributed by atoms with van der Waals surface area (Å²) in [6.07, 6.45) is 5.45. The number of aromatic amines is 1. The monoisotopic (exact) mass is 703 g/mol. The van der Waals surface area contributed by atoms with E-state index in [1.807, 2.05) is 103 Å². The number of aromatic nitrogens is 1. The summed E-state index contributed by atoms with van der Waals surface area (Å²) in [6, 6.07) is 31.9. The van der Waals surface area contributed by atoms with Gasteiger partial charge in [0.1, 0.15) is 17.5 Å². The molecule has 262 valence electrons. The average Bonchev–Trinajstić information content (AvgIpc) is 3.85. The quantitative estimate of drug-likeness (QED) is 0.207. The van der Waals surface area contributed by atoms with Crippen LogP contribution in [0.3, 0.4) is 0 Å². The molecule has 4 aromatic carbocycles. The normalized spacial score (nSPS) is 20.1. The van der Waals surface area contributed by atoms with Gasteiger partial charge in [0.2, 0.25) is 21.8 Å². The fourth-order valence-electron chi connectivity index (χ4n) is 8.23. The Morgan fingerprint density at radius 2 is 1.57 bits per heavy atom. The number of carbonyl (C=O) groups excluding carboxylic acids is 2. The maximum absolute atomic E-state index is 14.1. The van der Waals surface area contributed by atoms with Crippen LogP contribution in [0.5, 0.6) is 11.5 Å². The van der Waals surface area contributed by atoms with Crippen LogP contribution in [-0.2, 0) is 31.4 Å². The van der Waals surface area contributed by atoms with E-state index in [0.717, 1.165) is 59.4 Å². The maximum Gasteiger partial charge on any atom is 0.247 e. The van der Waals surface area contributed by atoms with E-state index in [9.17, 15) is 18.0 Å². The molecule has 5 aromatic rings. The number of ether oxygens (including phenoxy) is 1. The predicted octanol–water partition coefficient (Wildman–Crippen LogP) is 5.92. The van der Waals surface area contributed by atoms with Crippen molar-refractivity contribution in [2.24, 2.45) is 0 Å². The first-order chi connectivity index (χ1) is 24.7. The van der Waals surface area contributed by atoms with Gasteiger partial charge in [0, 0.05) is 47.3 Å². The second-order valence-corrected chi connectivity index (χ2v) is 15.9. The second kappa shape index (κ2) is 13.2. The number of nitrogens with one attached hydrogen (secondary N) is 2. The van der Waals surface area contributed by atoms with E-state index >= 15 is 0 Å². The van der Waals surface area contributed by atoms with E-state index in [1.54, 1.807) is 9.21 Å². The summed E-state index contributed by atoms with van der Waals surface area (Å²) in [7, 11) is -3.41. The minimum absolute atomic E-state index is 0.00525. The summed E-state index contributed by atoms with van der Waals surface area (Å²) in [5.74, 6) is 1.08. The number of rotatable bonds is 8. The van der Waals surface area contributed by atoms with Crippen LogP contribution in [0.4, 0.5) is 11.4 Å². The number of hydrogen-bond donors (Lipinski definition) is 2. The number of H-pyrrole nitrogens is 1. The van der Waals surface area contributed by atoms with Gasteiger partial charge in [0.05, 0.1) is 18.4 Å². The fourth-order valence-corrected chi connectivity index (χ4v) is 9.22. The molecule has 8 rings (SSSR count). The molecule has 2 atom stereocenters. The number of nitrogens with zero attached hydrogens (tertiary/aromatic N) is 3. The molecule has 3 aliphatic heterocycles. The van der Waals surface area contributed by atoms with Crippen LogP contribution in [0.2, 0.25) is 0 Å². The molecule has 1 spiro atoms. The number of benzene rings is 4. The maximum atomic E-state index is 14.1. The number of likely N-dealkylation sites (tertiary alicyclic amines) is 2. The van der Waals surface area contributed by atoms with Gasteiger partial charge in [0.15, 0.2) is 0 Å². The van der Waals surface area contributed by atoms with Crippen molar-refractivity contribution in [1.29, 1.82) is 0 Å². The lowest BCUT2D eigenvalue weighted by molar-refractivity contribution is -0.136. The molecule has 0 saturated carbocycles. The number of anilines is 2. The van der Waals surface area contributed by atoms with E-state index in [0.29, 0.717) is 30.9 Å². The van der Waals surface area contributed by atoms with Gasteiger partial charge in [-0.15, -0.1) is 0 Å². The van der Waals surface area contributed by atoms with Gasteiger partial charge >= 0.3 is 0 Å². The lowest BCUT2D eigenvalue weighted by Gasteiger charge is -2.42. The van der Waals surface area contributed by atoms with Gasteiger partial charge in [-0.05, 0) is 92.0 Å². The van der Waals surface area contributed by atoms with E-state index in [4.69, 9.17) is 4.74 Å². The third-order valence-electron chi connectivity index (χ3n) is 10.9. The largest absolute Gasteiger partial charge is 0.457 e. The summed E-state index contributed by atoms with van der Waals surface area (Å²) in [5, 5.41) is 4.07. The van der Waals surface area contributed by atoms with Crippen LogP contribution >= 0.6 is 0 Å². The van der Waals surface area contributed by atoms with Crippen LogP contribution < -0.4 is 14.4 Å². The molecule has 0 radical (unpaired) electrons. The number of piperidine rings is 1. The Bertz CT molecular complexity index is 2180. The van der Waals surface area contributed by atoms with E-state index in [2.05, 4.69) is 21.3 Å². The van der Waals surface area contributed by atoms with E-state index in [-0.39, 0.29) is 29.7 Å². The predicted molar refractivity (Wildman–Crippen MR) is 199 cm³/mol. The fraction of sp³-hybridized carbons (Fsp3) is 0.300. The highest BCUT2D eigenvalue weighted by Gasteiger charge is 2.49. The molecule has 4 heterocycles. The summed E-state index contributed by atoms with van der Waals surface area (Å²) in [5.41, 5.74) is 4.12. The van der Waals surface area contributed by atoms with Crippen molar-refractivity contribution < 1.29 is 22.7 Å². The lowest BCUT2D eigenvalue weighted by Crippen LogP contribution is -2.50. The van der Waals surface area contributed by atoms with Crippen molar-refractivity contribution in [1.82, 2.24) is 14.8 Å². The summed E-state index contributed by atoms with van der Waals surface area (Å²) >= 11 is 0. The smallest absolute Gasteiger partial charge is 0.247 e. The Morgan fingerprint density at radius 1 is 0.882 bits per heavy atom. The number of para-hydroxylation sites is 3. The highest BCUT2D eigenvalue weighted by molar-refractivity contribution is 7.92. The van der Waals surface area contributed by atoms with E-state index in [1.165, 1.54) is 6.26 Å². The topological polar surface area (TPSA) is 115 Å². The molecule has 2 saturated heterocycles. The standard InChI is InChI=1S/C40H41N5O5S/c1-51(48,49)45-27-40(34-12-6-8-14-36(34)45)19-21-43(22-20-40)30-24-37(44(26-30)38(46)23-28-25-41-35-13-7-5-11-33(28)35)39(47)42-29-15-17-32(18-16-29)50-31-9-3-2-4-10-31/h2-18,25,30,37,41H,19-24,26-27H2,1H3,(H,42,47). The summed E-state index contributed by atoms with van der Waals surface area (Å²) < 4.78 is 32.9. The number of sulfonamides is 1. The first-order valence-electron chi connectivity index (χ1n) is 17.5. The number of fused-ring (bicyclic) bond motifs is 3. The molecule has 2 amide bonds. The zero-order chi connectivity index (χ0) is 35.2. The van der Waals surface area contributed by atoms with Gasteiger partial charge in [-0.2, -0.15) is 0 Å². The molecule has 10 nitrogen and oxygen atoms in total. The van der Waals surface area contributed by atoms with Crippen molar-refractivity contribution in [2.45, 2.75) is 43.2 Å². The highest BCUT2D eigenvalue weighted by atomic mass is 32.2. The molecule has 11 heteroatoms. The third-order valence-corrected chi connectivity index (χ3v) is 12.0. The van der Waals surface area contributed by atoms with Gasteiger partial charge in [-0.1, -0.05) is 54.6 Å². The molecule has 1 aromatic heterocycles. The van der Waals surface area contributed by atoms with Gasteiger partial charge in [-0.3, -0.25) is 18.8 Å². The van der Waals surface area contributed by atoms with Crippen LogP contribution in [-0.4, -0.2) is 79.5 Å². The van der Waals surface area contributed by atoms with Gasteiger partial charge < -0.3 is 19.9 Å². The SMILES string of the molecule is CS(=O)(=O)N1CC2(CCN(C3CC(C(=O)Nc4ccc(Oc5ccccc5)cc4)N(C(=O)Cc4c[nH]c5ccccc45)C3)CC2)c2ccccc21. The van der Waals surface area contributed by atoms with Crippen molar-refractivity contribution in [2.75, 3.05) is 42.1 Å². The molecule has 2 unspecified atom stereocenters. The molecular weight excluding hydrogens is 663 g/mol. The van der Waals surface area contributed by atoms with Gasteiger partial charge in [-0.25, -0.2) is 8.42 Å². The van der Waals surface area contributed by atoms with Crippen molar-refractivity contribution >= 4 is 44.1 Å². The molecule has 0 aliphatic carbocycles. The van der Waals surface area contributed by atoms with Crippen molar-refractivity contribution in [3.8, 4) is 11.5 Å². The van der Waals surface area contributed by atoms with Crippen LogP contribution in [0.1, 0.15) is 30.4 Å². The van der Waals surface area contributed by atoms with Gasteiger partial charge in [0.25, 0.3) is 0 Å². The third kappa shape index (κ3) is 6.47. The first-order valence-corrected chi connectivity index (χ1v) is 19.3. The molecular formula is C40H41N5O5S. The van der Waals surface area contributed by atoms with Crippen molar-refractivity contribution in [3.63, 3.8) is 0 Å². The number of hydrogen-bond acceptors (Lipinski definition) is 6. The van der Waals surface area contributed by atoms with Crippen molar-refractivity contribution in [3.05, 3.63) is 120 Å². The Morgan fingerprint density at radius 3 is 2.33 bits per heavy atom. The van der Waals surface area contributed by atoms with Crippen LogP contribution in [0, 0.1) is 0 Å². The Labute approximate surface area is 298 Å². The molecule has 2 N–H and O–H groups in total. The van der Waals surface area contributed by atoms with E-state index < -0.39 is 16.1 Å². The summed E-state index contributed by atoms with van der Waals surface area (Å²) in [4.78, 5) is 35.5. The zero-order valence-corrected chi connectivity index (χ0v) is 29.3. The Kier molecular flexibility index (Phi) is 8.55. The molecule has 0 bridgehead atoms. The number of amides is 2. The molecule has 2 fully saturated rings. The highest BCUT2D eigenvalue weighted by Crippen LogP contribution is 2.48. The average molecular weight is 704 g/mol. The minimum Gasteiger partial charge on any atom is -0.457 e. The van der Waals surface area contributed by atoms with Crippen LogP contribution in [0.15, 0.2) is 109 Å². The Hall–Kier alpha value is -5.13. The molecule has 3 aliphatic rings.